The molecular formula is C28H24Cl2N2O7. The lowest BCUT2D eigenvalue weighted by Gasteiger charge is -2.37. The number of likely N-dealkylation sites (N-methyl/N-ethyl adjacent to an activating group) is 1. The second-order valence-corrected chi connectivity index (χ2v) is 10.1. The largest absolute Gasteiger partial charge is 0.489 e. The van der Waals surface area contributed by atoms with Crippen LogP contribution in [0.4, 0.5) is 10.5 Å². The summed E-state index contributed by atoms with van der Waals surface area (Å²) < 4.78 is 16.8. The van der Waals surface area contributed by atoms with E-state index in [2.05, 4.69) is 0 Å². The number of methoxy groups -OCH3 is 1. The fourth-order valence-electron chi connectivity index (χ4n) is 4.72. The number of benzene rings is 3. The number of anilines is 1. The van der Waals surface area contributed by atoms with Crippen molar-refractivity contribution in [3.63, 3.8) is 0 Å². The molecule has 0 bridgehead atoms. The van der Waals surface area contributed by atoms with Gasteiger partial charge in [0.2, 0.25) is 6.10 Å². The Labute approximate surface area is 234 Å². The van der Waals surface area contributed by atoms with Crippen molar-refractivity contribution in [2.75, 3.05) is 19.1 Å². The van der Waals surface area contributed by atoms with Gasteiger partial charge < -0.3 is 24.2 Å². The summed E-state index contributed by atoms with van der Waals surface area (Å²) in [7, 11) is 2.88. The fraction of sp³-hybridized carbons (Fsp3) is 0.250. The van der Waals surface area contributed by atoms with Crippen LogP contribution in [0, 0.1) is 0 Å². The van der Waals surface area contributed by atoms with Crippen molar-refractivity contribution >= 4 is 46.9 Å². The Morgan fingerprint density at radius 2 is 1.79 bits per heavy atom. The van der Waals surface area contributed by atoms with Gasteiger partial charge in [-0.05, 0) is 53.1 Å². The monoisotopic (exact) mass is 570 g/mol. The number of ether oxygens (including phenoxy) is 3. The smallest absolute Gasteiger partial charge is 0.408 e. The van der Waals surface area contributed by atoms with Crippen molar-refractivity contribution in [2.24, 2.45) is 0 Å². The molecule has 2 aliphatic rings. The molecule has 0 radical (unpaired) electrons. The summed E-state index contributed by atoms with van der Waals surface area (Å²) in [5, 5.41) is 10.6. The van der Waals surface area contributed by atoms with Crippen LogP contribution in [0.2, 0.25) is 10.0 Å². The van der Waals surface area contributed by atoms with Crippen molar-refractivity contribution in [3.05, 3.63) is 86.9 Å². The van der Waals surface area contributed by atoms with Crippen LogP contribution in [-0.2, 0) is 33.9 Å². The predicted molar refractivity (Wildman–Crippen MR) is 144 cm³/mol. The Morgan fingerprint density at radius 3 is 2.46 bits per heavy atom. The van der Waals surface area contributed by atoms with Crippen LogP contribution < -0.4 is 14.4 Å². The van der Waals surface area contributed by atoms with Crippen LogP contribution in [0.5, 0.6) is 11.5 Å². The van der Waals surface area contributed by atoms with Gasteiger partial charge in [-0.1, -0.05) is 41.4 Å². The third-order valence-electron chi connectivity index (χ3n) is 6.86. The van der Waals surface area contributed by atoms with Gasteiger partial charge in [-0.15, -0.1) is 0 Å². The zero-order valence-corrected chi connectivity index (χ0v) is 22.5. The van der Waals surface area contributed by atoms with Gasteiger partial charge in [-0.3, -0.25) is 9.69 Å². The number of fused-ring (bicyclic) bond motifs is 2. The minimum atomic E-state index is -1.22. The quantitative estimate of drug-likeness (QED) is 0.418. The molecule has 0 unspecified atom stereocenters. The van der Waals surface area contributed by atoms with Gasteiger partial charge in [0, 0.05) is 19.0 Å². The average molecular weight is 571 g/mol. The number of nitrogens with zero attached hydrogens (tertiary/aromatic N) is 2. The number of carbonyl (C=O) groups is 3. The van der Waals surface area contributed by atoms with Gasteiger partial charge in [0.25, 0.3) is 5.91 Å². The van der Waals surface area contributed by atoms with Crippen LogP contribution in [0.15, 0.2) is 54.6 Å². The first-order chi connectivity index (χ1) is 18.7. The van der Waals surface area contributed by atoms with Crippen molar-refractivity contribution in [3.8, 4) is 11.5 Å². The van der Waals surface area contributed by atoms with Crippen LogP contribution in [0.25, 0.3) is 0 Å². The molecule has 3 aromatic rings. The highest BCUT2D eigenvalue weighted by Gasteiger charge is 2.39. The highest BCUT2D eigenvalue weighted by molar-refractivity contribution is 6.42. The number of hydrogen-bond acceptors (Lipinski definition) is 6. The normalized spacial score (nSPS) is 18.1. The molecule has 0 saturated heterocycles. The van der Waals surface area contributed by atoms with E-state index in [1.165, 1.54) is 12.0 Å². The maximum absolute atomic E-state index is 13.3. The molecule has 3 aromatic carbocycles. The molecule has 202 valence electrons. The first-order valence-corrected chi connectivity index (χ1v) is 12.8. The predicted octanol–water partition coefficient (Wildman–Crippen LogP) is 5.25. The highest BCUT2D eigenvalue weighted by Crippen LogP contribution is 2.42. The second-order valence-electron chi connectivity index (χ2n) is 9.24. The Kier molecular flexibility index (Phi) is 7.29. The zero-order valence-electron chi connectivity index (χ0n) is 21.0. The van der Waals surface area contributed by atoms with Gasteiger partial charge in [-0.2, -0.15) is 0 Å². The molecule has 9 nitrogen and oxygen atoms in total. The maximum atomic E-state index is 13.3. The Hall–Kier alpha value is -3.95. The minimum Gasteiger partial charge on any atom is -0.489 e. The molecule has 2 amide bonds. The zero-order chi connectivity index (χ0) is 27.8. The summed E-state index contributed by atoms with van der Waals surface area (Å²) in [5.74, 6) is 0.151. The molecule has 2 heterocycles. The van der Waals surface area contributed by atoms with Crippen LogP contribution in [0.1, 0.15) is 28.4 Å². The van der Waals surface area contributed by atoms with Crippen LogP contribution in [-0.4, -0.2) is 48.2 Å². The summed E-state index contributed by atoms with van der Waals surface area (Å²) in [6.45, 7) is 0.286. The third kappa shape index (κ3) is 5.20. The summed E-state index contributed by atoms with van der Waals surface area (Å²) in [6, 6.07) is 14.8. The summed E-state index contributed by atoms with van der Waals surface area (Å²) >= 11 is 12.0. The molecule has 2 aliphatic heterocycles. The number of rotatable bonds is 5. The number of hydrogen-bond donors (Lipinski definition) is 1. The molecule has 2 atom stereocenters. The lowest BCUT2D eigenvalue weighted by molar-refractivity contribution is -0.146. The number of halogens is 2. The maximum Gasteiger partial charge on any atom is 0.408 e. The molecule has 1 N–H and O–H groups in total. The van der Waals surface area contributed by atoms with E-state index in [-0.39, 0.29) is 18.9 Å². The SMILES string of the molecule is COC(=O)[C@@H]1Cc2cc3c(cc2CN1C(=O)O)O[C@@H](c1ccc(OCc2ccc(Cl)c(Cl)c2)cc1)C(=O)N3C. The van der Waals surface area contributed by atoms with E-state index in [0.717, 1.165) is 16.0 Å². The van der Waals surface area contributed by atoms with E-state index in [9.17, 15) is 19.5 Å². The highest BCUT2D eigenvalue weighted by atomic mass is 35.5. The number of esters is 1. The lowest BCUT2D eigenvalue weighted by atomic mass is 9.92. The number of carboxylic acid groups (broad SMARTS) is 1. The second kappa shape index (κ2) is 10.7. The Bertz CT molecular complexity index is 1460. The third-order valence-corrected chi connectivity index (χ3v) is 7.60. The van der Waals surface area contributed by atoms with Gasteiger partial charge >= 0.3 is 12.1 Å². The van der Waals surface area contributed by atoms with E-state index in [4.69, 9.17) is 37.4 Å². The first-order valence-electron chi connectivity index (χ1n) is 12.0. The summed E-state index contributed by atoms with van der Waals surface area (Å²) in [5.41, 5.74) is 3.50. The average Bonchev–Trinajstić information content (AvgIpc) is 2.94. The Balaban J connectivity index is 1.35. The van der Waals surface area contributed by atoms with Crippen LogP contribution >= 0.6 is 23.2 Å². The first kappa shape index (κ1) is 26.6. The van der Waals surface area contributed by atoms with E-state index in [1.54, 1.807) is 55.6 Å². The van der Waals surface area contributed by atoms with Crippen molar-refractivity contribution in [1.82, 2.24) is 4.90 Å². The molecule has 0 saturated carbocycles. The molecular weight excluding hydrogens is 547 g/mol. The molecule has 5 rings (SSSR count). The van der Waals surface area contributed by atoms with Gasteiger partial charge in [0.15, 0.2) is 0 Å². The molecule has 0 aromatic heterocycles. The topological polar surface area (TPSA) is 106 Å². The standard InChI is InChI=1S/C28H24Cl2N2O7/c1-31-22-10-17-11-23(27(34)37-2)32(28(35)36)13-18(17)12-24(22)39-25(26(31)33)16-4-6-19(7-5-16)38-14-15-3-8-20(29)21(30)9-15/h3-10,12,23,25H,11,13-14H2,1-2H3,(H,35,36)/t23-,25-/m0/s1. The van der Waals surface area contributed by atoms with Gasteiger partial charge in [-0.25, -0.2) is 9.59 Å². The molecule has 0 spiro atoms. The van der Waals surface area contributed by atoms with E-state index in [1.807, 2.05) is 6.07 Å². The van der Waals surface area contributed by atoms with Gasteiger partial charge in [0.1, 0.15) is 24.1 Å². The lowest BCUT2D eigenvalue weighted by Crippen LogP contribution is -2.48. The minimum absolute atomic E-state index is 0.00569. The Morgan fingerprint density at radius 1 is 1.05 bits per heavy atom. The number of carbonyl (C=O) groups excluding carboxylic acids is 2. The van der Waals surface area contributed by atoms with Gasteiger partial charge in [0.05, 0.1) is 29.4 Å². The van der Waals surface area contributed by atoms with Crippen LogP contribution in [0.3, 0.4) is 0 Å². The summed E-state index contributed by atoms with van der Waals surface area (Å²) in [4.78, 5) is 39.9. The molecule has 39 heavy (non-hydrogen) atoms. The van der Waals surface area contributed by atoms with E-state index in [0.29, 0.717) is 45.0 Å². The molecule has 0 fully saturated rings. The molecule has 11 heteroatoms. The van der Waals surface area contributed by atoms with E-state index < -0.39 is 24.2 Å². The summed E-state index contributed by atoms with van der Waals surface area (Å²) in [6.07, 6.45) is -1.98. The van der Waals surface area contributed by atoms with E-state index >= 15 is 0 Å². The van der Waals surface area contributed by atoms with Crippen molar-refractivity contribution < 1.29 is 33.7 Å². The molecule has 0 aliphatic carbocycles. The van der Waals surface area contributed by atoms with Crippen molar-refractivity contribution in [1.29, 1.82) is 0 Å². The fourth-order valence-corrected chi connectivity index (χ4v) is 5.05. The van der Waals surface area contributed by atoms with Crippen molar-refractivity contribution in [2.45, 2.75) is 31.7 Å². The number of amides is 2.